The summed E-state index contributed by atoms with van der Waals surface area (Å²) >= 11 is 1.04. The molecule has 13 heteroatoms. The van der Waals surface area contributed by atoms with Crippen LogP contribution in [0.5, 0.6) is 0 Å². The van der Waals surface area contributed by atoms with Crippen molar-refractivity contribution < 1.29 is 33.5 Å². The molecule has 0 radical (unpaired) electrons. The van der Waals surface area contributed by atoms with Crippen molar-refractivity contribution in [3.63, 3.8) is 0 Å². The number of hydrogen-bond donors (Lipinski definition) is 2. The van der Waals surface area contributed by atoms with Crippen molar-refractivity contribution in [3.8, 4) is 0 Å². The van der Waals surface area contributed by atoms with Crippen LogP contribution in [0.2, 0.25) is 0 Å². The first-order valence-electron chi connectivity index (χ1n) is 10.5. The zero-order valence-electron chi connectivity index (χ0n) is 20.2. The highest BCUT2D eigenvalue weighted by molar-refractivity contribution is 7.13. The summed E-state index contributed by atoms with van der Waals surface area (Å²) in [6, 6.07) is -2.35. The summed E-state index contributed by atoms with van der Waals surface area (Å²) in [5.74, 6) is -1.19. The number of nitrogens with zero attached hydrogens (tertiary/aromatic N) is 3. The Morgan fingerprint density at radius 1 is 1.24 bits per heavy atom. The predicted molar refractivity (Wildman–Crippen MR) is 123 cm³/mol. The van der Waals surface area contributed by atoms with E-state index in [0.29, 0.717) is 4.88 Å². The number of ether oxygens (including phenoxy) is 2. The van der Waals surface area contributed by atoms with Crippen molar-refractivity contribution in [2.45, 2.75) is 45.4 Å². The van der Waals surface area contributed by atoms with Gasteiger partial charge in [-0.05, 0) is 27.7 Å². The summed E-state index contributed by atoms with van der Waals surface area (Å²) in [4.78, 5) is 61.5. The predicted octanol–water partition coefficient (Wildman–Crippen LogP) is 2.16. The third-order valence-corrected chi connectivity index (χ3v) is 5.82. The normalized spacial score (nSPS) is 18.0. The summed E-state index contributed by atoms with van der Waals surface area (Å²) in [5, 5.41) is 6.42. The summed E-state index contributed by atoms with van der Waals surface area (Å²) in [7, 11) is 2.63. The molecule has 0 aromatic carbocycles. The van der Waals surface area contributed by atoms with Crippen LogP contribution in [0, 0.1) is 0 Å². The third kappa shape index (κ3) is 6.44. The Kier molecular flexibility index (Phi) is 8.99. The van der Waals surface area contributed by atoms with Crippen LogP contribution >= 0.6 is 11.3 Å². The number of likely N-dealkylation sites (N-methyl/N-ethyl adjacent to an activating group) is 1. The molecule has 2 heterocycles. The first-order chi connectivity index (χ1) is 15.9. The topological polar surface area (TPSA) is 139 Å². The number of fused-ring (bicyclic) bond motifs is 1. The molecular formula is C21H31N5O7S. The van der Waals surface area contributed by atoms with E-state index in [-0.39, 0.29) is 30.4 Å². The molecule has 0 fully saturated rings. The maximum atomic E-state index is 12.9. The van der Waals surface area contributed by atoms with E-state index < -0.39 is 41.7 Å². The highest BCUT2D eigenvalue weighted by Crippen LogP contribution is 2.39. The Labute approximate surface area is 202 Å². The van der Waals surface area contributed by atoms with E-state index in [0.717, 1.165) is 21.3 Å². The minimum absolute atomic E-state index is 0.0684. The third-order valence-electron chi connectivity index (χ3n) is 4.58. The number of carbonyl (C=O) groups is 4. The van der Waals surface area contributed by atoms with Gasteiger partial charge in [-0.15, -0.1) is 17.9 Å². The monoisotopic (exact) mass is 497 g/mol. The number of urea groups is 1. The Morgan fingerprint density at radius 2 is 1.88 bits per heavy atom. The zero-order chi connectivity index (χ0) is 25.6. The molecular weight excluding hydrogens is 466 g/mol. The SMILES string of the molecule is C=CCON1C(=O)N(C)[C@H](C(=O)OC)c2nc(C(=O)NCCNC(=O)OC(C)(C)C)sc2[C@H]1C. The molecule has 2 atom stereocenters. The number of thiazole rings is 1. The van der Waals surface area contributed by atoms with Crippen LogP contribution in [0.4, 0.5) is 9.59 Å². The number of hydroxylamine groups is 2. The molecule has 0 spiro atoms. The molecule has 0 aliphatic carbocycles. The number of aromatic nitrogens is 1. The lowest BCUT2D eigenvalue weighted by atomic mass is 10.1. The van der Waals surface area contributed by atoms with Gasteiger partial charge in [0.15, 0.2) is 11.0 Å². The van der Waals surface area contributed by atoms with Crippen LogP contribution < -0.4 is 10.6 Å². The molecule has 1 aliphatic rings. The molecule has 1 aromatic rings. The smallest absolute Gasteiger partial charge is 0.407 e. The first kappa shape index (κ1) is 27.1. The van der Waals surface area contributed by atoms with Crippen molar-refractivity contribution in [2.75, 3.05) is 33.9 Å². The number of nitrogens with one attached hydrogen (secondary N) is 2. The standard InChI is InChI=1S/C21H31N5O7S/c1-8-11-32-26-12(2)15-13(14(18(28)31-7)25(6)20(26)30)24-17(34-15)16(27)22-9-10-23-19(29)33-21(3,4)5/h8,12,14H,1,9-11H2,2-7H3,(H,22,27)(H,23,29)/t12-,14+/m1/s1. The minimum Gasteiger partial charge on any atom is -0.467 e. The highest BCUT2D eigenvalue weighted by Gasteiger charge is 2.43. The summed E-state index contributed by atoms with van der Waals surface area (Å²) in [5.41, 5.74) is -0.390. The van der Waals surface area contributed by atoms with Gasteiger partial charge in [-0.3, -0.25) is 9.63 Å². The Hall–Kier alpha value is -3.19. The number of alkyl carbamates (subject to hydrolysis) is 1. The number of carbonyl (C=O) groups excluding carboxylic acids is 4. The Morgan fingerprint density at radius 3 is 2.47 bits per heavy atom. The van der Waals surface area contributed by atoms with E-state index in [9.17, 15) is 19.2 Å². The number of methoxy groups -OCH3 is 1. The summed E-state index contributed by atoms with van der Waals surface area (Å²) < 4.78 is 10.0. The van der Waals surface area contributed by atoms with Gasteiger partial charge in [0.2, 0.25) is 0 Å². The van der Waals surface area contributed by atoms with Crippen LogP contribution in [0.3, 0.4) is 0 Å². The van der Waals surface area contributed by atoms with Crippen LogP contribution in [0.15, 0.2) is 12.7 Å². The highest BCUT2D eigenvalue weighted by atomic mass is 32.1. The van der Waals surface area contributed by atoms with Crippen LogP contribution in [-0.2, 0) is 19.1 Å². The van der Waals surface area contributed by atoms with Gasteiger partial charge >= 0.3 is 18.1 Å². The lowest BCUT2D eigenvalue weighted by Crippen LogP contribution is -2.43. The Balaban J connectivity index is 2.21. The van der Waals surface area contributed by atoms with Gasteiger partial charge in [-0.25, -0.2) is 19.4 Å². The van der Waals surface area contributed by atoms with Gasteiger partial charge < -0.3 is 25.0 Å². The van der Waals surface area contributed by atoms with Crippen molar-refractivity contribution in [1.29, 1.82) is 0 Å². The average Bonchev–Trinajstić information content (AvgIpc) is 3.17. The van der Waals surface area contributed by atoms with E-state index in [1.807, 2.05) is 0 Å². The fraction of sp³-hybridized carbons (Fsp3) is 0.571. The lowest BCUT2D eigenvalue weighted by molar-refractivity contribution is -0.150. The van der Waals surface area contributed by atoms with Crippen molar-refractivity contribution in [2.24, 2.45) is 0 Å². The molecule has 0 saturated carbocycles. The van der Waals surface area contributed by atoms with Gasteiger partial charge in [0.05, 0.1) is 30.3 Å². The molecule has 0 saturated heterocycles. The molecule has 2 N–H and O–H groups in total. The molecule has 0 bridgehead atoms. The fourth-order valence-corrected chi connectivity index (χ4v) is 4.11. The Bertz CT molecular complexity index is 942. The molecule has 2 rings (SSSR count). The van der Waals surface area contributed by atoms with Crippen LogP contribution in [0.1, 0.15) is 60.2 Å². The second-order valence-corrected chi connectivity index (χ2v) is 9.39. The molecule has 34 heavy (non-hydrogen) atoms. The number of rotatable bonds is 8. The lowest BCUT2D eigenvalue weighted by Gasteiger charge is -2.29. The van der Waals surface area contributed by atoms with E-state index in [4.69, 9.17) is 14.3 Å². The van der Waals surface area contributed by atoms with Gasteiger partial charge in [-0.2, -0.15) is 5.06 Å². The molecule has 188 valence electrons. The average molecular weight is 498 g/mol. The molecule has 4 amide bonds. The van der Waals surface area contributed by atoms with E-state index in [2.05, 4.69) is 22.2 Å². The zero-order valence-corrected chi connectivity index (χ0v) is 21.0. The van der Waals surface area contributed by atoms with Gasteiger partial charge in [0, 0.05) is 20.1 Å². The summed E-state index contributed by atoms with van der Waals surface area (Å²) in [6.45, 7) is 10.9. The van der Waals surface area contributed by atoms with E-state index >= 15 is 0 Å². The summed E-state index contributed by atoms with van der Waals surface area (Å²) in [6.07, 6.45) is 0.894. The molecule has 0 unspecified atom stereocenters. The molecule has 1 aliphatic heterocycles. The van der Waals surface area contributed by atoms with Crippen molar-refractivity contribution in [1.82, 2.24) is 25.6 Å². The molecule has 1 aromatic heterocycles. The van der Waals surface area contributed by atoms with Gasteiger partial charge in [0.1, 0.15) is 5.60 Å². The van der Waals surface area contributed by atoms with Gasteiger partial charge in [-0.1, -0.05) is 6.08 Å². The number of amides is 4. The number of esters is 1. The molecule has 12 nitrogen and oxygen atoms in total. The van der Waals surface area contributed by atoms with E-state index in [1.165, 1.54) is 20.2 Å². The fourth-order valence-electron chi connectivity index (χ4n) is 3.07. The largest absolute Gasteiger partial charge is 0.467 e. The van der Waals surface area contributed by atoms with Crippen molar-refractivity contribution in [3.05, 3.63) is 28.2 Å². The van der Waals surface area contributed by atoms with Gasteiger partial charge in [0.25, 0.3) is 5.91 Å². The number of hydrogen-bond acceptors (Lipinski definition) is 9. The maximum Gasteiger partial charge on any atom is 0.407 e. The van der Waals surface area contributed by atoms with Crippen molar-refractivity contribution >= 4 is 35.3 Å². The second-order valence-electron chi connectivity index (χ2n) is 8.36. The van der Waals surface area contributed by atoms with E-state index in [1.54, 1.807) is 27.7 Å². The van der Waals surface area contributed by atoms with Crippen LogP contribution in [-0.4, -0.2) is 78.4 Å². The minimum atomic E-state index is -1.15. The maximum absolute atomic E-state index is 12.9. The quantitative estimate of drug-likeness (QED) is 0.316. The first-order valence-corrected chi connectivity index (χ1v) is 11.4. The second kappa shape index (κ2) is 11.3. The van der Waals surface area contributed by atoms with Crippen LogP contribution in [0.25, 0.3) is 0 Å².